The van der Waals surface area contributed by atoms with Gasteiger partial charge in [0.25, 0.3) is 8.32 Å². The summed E-state index contributed by atoms with van der Waals surface area (Å²) in [5.74, 6) is -0.241. The molecular weight excluding hydrogens is 426 g/mol. The van der Waals surface area contributed by atoms with Crippen LogP contribution in [0.25, 0.3) is 0 Å². The monoisotopic (exact) mass is 459 g/mol. The van der Waals surface area contributed by atoms with Gasteiger partial charge < -0.3 is 14.5 Å². The van der Waals surface area contributed by atoms with Crippen LogP contribution in [-0.2, 0) is 14.0 Å². The molecule has 1 saturated heterocycles. The summed E-state index contributed by atoms with van der Waals surface area (Å²) < 4.78 is 13.4. The van der Waals surface area contributed by atoms with Crippen molar-refractivity contribution in [1.82, 2.24) is 5.32 Å². The first-order valence-electron chi connectivity index (χ1n) is 12.0. The molecule has 0 saturated carbocycles. The van der Waals surface area contributed by atoms with Crippen LogP contribution in [0.15, 0.2) is 84.5 Å². The van der Waals surface area contributed by atoms with E-state index in [-0.39, 0.29) is 23.2 Å². The van der Waals surface area contributed by atoms with Crippen LogP contribution in [0.1, 0.15) is 40.0 Å². The van der Waals surface area contributed by atoms with Crippen LogP contribution in [0.4, 0.5) is 0 Å². The molecule has 0 unspecified atom stereocenters. The van der Waals surface area contributed by atoms with E-state index in [0.29, 0.717) is 6.42 Å². The number of carbonyl (C=O) groups excluding carboxylic acids is 1. The zero-order chi connectivity index (χ0) is 23.1. The quantitative estimate of drug-likeness (QED) is 0.545. The maximum atomic E-state index is 12.4. The molecule has 4 nitrogen and oxygen atoms in total. The summed E-state index contributed by atoms with van der Waals surface area (Å²) in [6.07, 6.45) is 8.46. The van der Waals surface area contributed by atoms with Crippen LogP contribution in [0, 0.1) is 0 Å². The van der Waals surface area contributed by atoms with E-state index in [1.165, 1.54) is 10.4 Å². The average molecular weight is 460 g/mol. The minimum absolute atomic E-state index is 0.106. The Labute approximate surface area is 197 Å². The van der Waals surface area contributed by atoms with Crippen LogP contribution in [0.5, 0.6) is 0 Å². The van der Waals surface area contributed by atoms with Crippen molar-refractivity contribution in [1.29, 1.82) is 0 Å². The number of hydrogen-bond donors (Lipinski definition) is 1. The fourth-order valence-corrected chi connectivity index (χ4v) is 10.6. The lowest BCUT2D eigenvalue weighted by Crippen LogP contribution is -2.68. The van der Waals surface area contributed by atoms with Gasteiger partial charge in [0.2, 0.25) is 0 Å². The predicted octanol–water partition coefficient (Wildman–Crippen LogP) is 3.87. The molecule has 0 spiro atoms. The van der Waals surface area contributed by atoms with Crippen LogP contribution in [-0.4, -0.2) is 38.6 Å². The fourth-order valence-electron chi connectivity index (χ4n) is 5.94. The Morgan fingerprint density at radius 1 is 1.03 bits per heavy atom. The topological polar surface area (TPSA) is 47.6 Å². The number of nitrogens with one attached hydrogen (secondary N) is 1. The molecule has 0 aromatic heterocycles. The van der Waals surface area contributed by atoms with Gasteiger partial charge in [0.1, 0.15) is 0 Å². The van der Waals surface area contributed by atoms with Gasteiger partial charge in [-0.15, -0.1) is 0 Å². The highest BCUT2D eigenvalue weighted by Gasteiger charge is 2.56. The molecular formula is C28H33NO3Si. The molecule has 1 N–H and O–H groups in total. The van der Waals surface area contributed by atoms with E-state index in [0.717, 1.165) is 25.0 Å². The molecule has 2 aromatic carbocycles. The first-order valence-corrected chi connectivity index (χ1v) is 13.9. The third kappa shape index (κ3) is 3.72. The Hall–Kier alpha value is -2.47. The van der Waals surface area contributed by atoms with Crippen LogP contribution >= 0.6 is 0 Å². The first kappa shape index (κ1) is 22.3. The van der Waals surface area contributed by atoms with Gasteiger partial charge in [0, 0.05) is 18.1 Å². The van der Waals surface area contributed by atoms with Crippen LogP contribution in [0.2, 0.25) is 5.04 Å². The van der Waals surface area contributed by atoms with Crippen LogP contribution in [0.3, 0.4) is 0 Å². The standard InChI is InChI=1S/C28H33NO3Si/c1-27(2,3)33(23-11-6-4-7-12-23,24-13-8-5-9-14-24)32-22-17-16-21-19-26(30)31-28(21,20-22)25-15-10-18-29-25/h4-9,11-14,16-17,19,22,25,29H,10,15,18,20H2,1-3H3/t22-,25-,28-/m0/s1. The smallest absolute Gasteiger partial charge is 0.332 e. The number of carbonyl (C=O) groups is 1. The highest BCUT2D eigenvalue weighted by Crippen LogP contribution is 2.45. The second kappa shape index (κ2) is 8.39. The lowest BCUT2D eigenvalue weighted by atomic mass is 9.78. The molecule has 3 atom stereocenters. The first-order chi connectivity index (χ1) is 15.8. The highest BCUT2D eigenvalue weighted by atomic mass is 28.4. The number of fused-ring (bicyclic) bond motifs is 1. The van der Waals surface area contributed by atoms with Gasteiger partial charge in [-0.25, -0.2) is 4.79 Å². The largest absolute Gasteiger partial charge is 0.449 e. The minimum Gasteiger partial charge on any atom is -0.449 e. The fraction of sp³-hybridized carbons (Fsp3) is 0.393. The summed E-state index contributed by atoms with van der Waals surface area (Å²) in [7, 11) is -2.70. The van der Waals surface area contributed by atoms with E-state index in [2.05, 4.69) is 98.9 Å². The number of benzene rings is 2. The summed E-state index contributed by atoms with van der Waals surface area (Å²) in [5, 5.41) is 6.00. The molecule has 0 amide bonds. The summed E-state index contributed by atoms with van der Waals surface area (Å²) in [4.78, 5) is 12.4. The second-order valence-electron chi connectivity index (χ2n) is 10.4. The van der Waals surface area contributed by atoms with Gasteiger partial charge in [-0.05, 0) is 34.8 Å². The molecule has 3 aliphatic rings. The van der Waals surface area contributed by atoms with Gasteiger partial charge in [0.05, 0.1) is 12.1 Å². The number of rotatable bonds is 5. The Balaban J connectivity index is 1.59. The Morgan fingerprint density at radius 2 is 1.67 bits per heavy atom. The van der Waals surface area contributed by atoms with Crippen LogP contribution < -0.4 is 15.7 Å². The van der Waals surface area contributed by atoms with E-state index < -0.39 is 13.9 Å². The van der Waals surface area contributed by atoms with Crippen molar-refractivity contribution >= 4 is 24.7 Å². The van der Waals surface area contributed by atoms with Crippen molar-refractivity contribution in [3.05, 3.63) is 84.5 Å². The highest BCUT2D eigenvalue weighted by molar-refractivity contribution is 6.99. The molecule has 0 bridgehead atoms. The number of ether oxygens (including phenoxy) is 1. The van der Waals surface area contributed by atoms with Crippen molar-refractivity contribution in [3.63, 3.8) is 0 Å². The summed E-state index contributed by atoms with van der Waals surface area (Å²) >= 11 is 0. The molecule has 2 heterocycles. The van der Waals surface area contributed by atoms with Gasteiger partial charge in [-0.3, -0.25) is 0 Å². The molecule has 5 heteroatoms. The second-order valence-corrected chi connectivity index (χ2v) is 14.7. The minimum atomic E-state index is -2.70. The van der Waals surface area contributed by atoms with E-state index in [4.69, 9.17) is 9.16 Å². The average Bonchev–Trinajstić information content (AvgIpc) is 3.45. The van der Waals surface area contributed by atoms with Gasteiger partial charge in [-0.2, -0.15) is 0 Å². The third-order valence-corrected chi connectivity index (χ3v) is 12.5. The maximum absolute atomic E-state index is 12.4. The van der Waals surface area contributed by atoms with Crippen molar-refractivity contribution in [2.75, 3.05) is 6.54 Å². The third-order valence-electron chi connectivity index (χ3n) is 7.41. The van der Waals surface area contributed by atoms with E-state index in [9.17, 15) is 4.79 Å². The molecule has 5 rings (SSSR count). The van der Waals surface area contributed by atoms with Crippen molar-refractivity contribution < 1.29 is 14.0 Å². The van der Waals surface area contributed by atoms with E-state index in [1.54, 1.807) is 6.08 Å². The Kier molecular flexibility index (Phi) is 5.67. The molecule has 2 aliphatic heterocycles. The normalized spacial score (nSPS) is 27.2. The zero-order valence-electron chi connectivity index (χ0n) is 19.7. The molecule has 33 heavy (non-hydrogen) atoms. The summed E-state index contributed by atoms with van der Waals surface area (Å²) in [5.41, 5.74) is 0.340. The Morgan fingerprint density at radius 3 is 2.21 bits per heavy atom. The SMILES string of the molecule is CC(C)(C)[Si](O[C@H]1C=CC2=CC(=O)O[C@@]2([C@@H]2CCCN2)C1)(c1ccccc1)c1ccccc1. The zero-order valence-corrected chi connectivity index (χ0v) is 20.7. The number of hydrogen-bond acceptors (Lipinski definition) is 4. The number of esters is 1. The lowest BCUT2D eigenvalue weighted by molar-refractivity contribution is -0.150. The summed E-state index contributed by atoms with van der Waals surface area (Å²) in [6.45, 7) is 7.84. The molecule has 0 radical (unpaired) electrons. The van der Waals surface area contributed by atoms with Gasteiger partial charge >= 0.3 is 5.97 Å². The summed E-state index contributed by atoms with van der Waals surface area (Å²) in [6, 6.07) is 21.5. The van der Waals surface area contributed by atoms with Gasteiger partial charge in [0.15, 0.2) is 5.60 Å². The van der Waals surface area contributed by atoms with Crippen molar-refractivity contribution in [2.24, 2.45) is 0 Å². The van der Waals surface area contributed by atoms with E-state index in [1.807, 2.05) is 0 Å². The molecule has 1 aliphatic carbocycles. The van der Waals surface area contributed by atoms with Crippen molar-refractivity contribution in [2.45, 2.75) is 62.8 Å². The van der Waals surface area contributed by atoms with E-state index >= 15 is 0 Å². The molecule has 172 valence electrons. The maximum Gasteiger partial charge on any atom is 0.332 e. The Bertz CT molecular complexity index is 1030. The molecule has 2 aromatic rings. The lowest BCUT2D eigenvalue weighted by Gasteiger charge is -2.47. The van der Waals surface area contributed by atoms with Crippen molar-refractivity contribution in [3.8, 4) is 0 Å². The van der Waals surface area contributed by atoms with Gasteiger partial charge in [-0.1, -0.05) is 93.6 Å². The predicted molar refractivity (Wildman–Crippen MR) is 134 cm³/mol. The molecule has 1 fully saturated rings.